The number of carbonyl (C=O) groups excluding carboxylic acids is 1. The van der Waals surface area contributed by atoms with Gasteiger partial charge < -0.3 is 5.32 Å². The topological polar surface area (TPSA) is 72.7 Å². The number of hydrogen-bond donors (Lipinski definition) is 1. The summed E-state index contributed by atoms with van der Waals surface area (Å²) >= 11 is 0. The monoisotopic (exact) mass is 277 g/mol. The lowest BCUT2D eigenvalue weighted by Crippen LogP contribution is -2.31. The molecule has 1 aromatic carbocycles. The summed E-state index contributed by atoms with van der Waals surface area (Å²) in [5, 5.41) is 14.5. The average molecular weight is 277 g/mol. The molecule has 0 aliphatic heterocycles. The Morgan fingerprint density at radius 1 is 1.35 bits per heavy atom. The van der Waals surface area contributed by atoms with E-state index in [1.54, 1.807) is 12.1 Å². The van der Waals surface area contributed by atoms with Gasteiger partial charge >= 0.3 is 0 Å². The molecule has 6 nitrogen and oxygen atoms in total. The van der Waals surface area contributed by atoms with E-state index in [2.05, 4.69) is 20.7 Å². The molecule has 0 aliphatic rings. The van der Waals surface area contributed by atoms with Gasteiger partial charge in [-0.25, -0.2) is 4.39 Å². The highest BCUT2D eigenvalue weighted by Crippen LogP contribution is 2.13. The maximum absolute atomic E-state index is 12.8. The first-order valence-corrected chi connectivity index (χ1v) is 6.35. The second-order valence-electron chi connectivity index (χ2n) is 4.85. The van der Waals surface area contributed by atoms with Crippen LogP contribution < -0.4 is 5.32 Å². The molecule has 1 amide bonds. The SMILES string of the molecule is CC(C)CNC(=O)Cn1nnc(-c2ccc(F)cc2)n1. The van der Waals surface area contributed by atoms with E-state index in [9.17, 15) is 9.18 Å². The van der Waals surface area contributed by atoms with Crippen molar-refractivity contribution < 1.29 is 9.18 Å². The van der Waals surface area contributed by atoms with Crippen LogP contribution in [-0.2, 0) is 11.3 Å². The quantitative estimate of drug-likeness (QED) is 0.892. The lowest BCUT2D eigenvalue weighted by atomic mass is 10.2. The molecule has 0 atom stereocenters. The number of rotatable bonds is 5. The van der Waals surface area contributed by atoms with Gasteiger partial charge in [-0.05, 0) is 35.4 Å². The van der Waals surface area contributed by atoms with Gasteiger partial charge in [-0.3, -0.25) is 4.79 Å². The zero-order chi connectivity index (χ0) is 14.5. The number of hydrogen-bond acceptors (Lipinski definition) is 4. The van der Waals surface area contributed by atoms with Crippen LogP contribution in [0.25, 0.3) is 11.4 Å². The third-order valence-electron chi connectivity index (χ3n) is 2.55. The van der Waals surface area contributed by atoms with Crippen molar-refractivity contribution in [2.75, 3.05) is 6.54 Å². The van der Waals surface area contributed by atoms with Crippen molar-refractivity contribution in [3.8, 4) is 11.4 Å². The molecule has 20 heavy (non-hydrogen) atoms. The van der Waals surface area contributed by atoms with Crippen LogP contribution in [-0.4, -0.2) is 32.7 Å². The molecule has 1 heterocycles. The smallest absolute Gasteiger partial charge is 0.243 e. The minimum atomic E-state index is -0.325. The van der Waals surface area contributed by atoms with Crippen molar-refractivity contribution in [1.82, 2.24) is 25.5 Å². The van der Waals surface area contributed by atoms with Gasteiger partial charge in [-0.15, -0.1) is 10.2 Å². The number of benzene rings is 1. The molecule has 0 saturated carbocycles. The van der Waals surface area contributed by atoms with Crippen LogP contribution in [0, 0.1) is 11.7 Å². The maximum Gasteiger partial charge on any atom is 0.243 e. The minimum absolute atomic E-state index is 0.0148. The van der Waals surface area contributed by atoms with E-state index < -0.39 is 0 Å². The van der Waals surface area contributed by atoms with Crippen LogP contribution in [0.2, 0.25) is 0 Å². The standard InChI is InChI=1S/C13H16FN5O/c1-9(2)7-15-12(20)8-19-17-13(16-18-19)10-3-5-11(14)6-4-10/h3-6,9H,7-8H2,1-2H3,(H,15,20). The van der Waals surface area contributed by atoms with Crippen molar-refractivity contribution in [2.45, 2.75) is 20.4 Å². The summed E-state index contributed by atoms with van der Waals surface area (Å²) in [7, 11) is 0. The number of tetrazole rings is 1. The fourth-order valence-electron chi connectivity index (χ4n) is 1.53. The summed E-state index contributed by atoms with van der Waals surface area (Å²) in [5.41, 5.74) is 0.653. The normalized spacial score (nSPS) is 10.8. The van der Waals surface area contributed by atoms with E-state index in [0.717, 1.165) is 0 Å². The number of amides is 1. The van der Waals surface area contributed by atoms with Gasteiger partial charge in [0.15, 0.2) is 0 Å². The molecule has 2 aromatic rings. The molecule has 1 aromatic heterocycles. The fourth-order valence-corrected chi connectivity index (χ4v) is 1.53. The zero-order valence-corrected chi connectivity index (χ0v) is 11.4. The summed E-state index contributed by atoms with van der Waals surface area (Å²) in [4.78, 5) is 12.8. The van der Waals surface area contributed by atoms with Crippen LogP contribution in [0.5, 0.6) is 0 Å². The van der Waals surface area contributed by atoms with Gasteiger partial charge in [0.2, 0.25) is 11.7 Å². The summed E-state index contributed by atoms with van der Waals surface area (Å²) in [6.07, 6.45) is 0. The molecular weight excluding hydrogens is 261 g/mol. The van der Waals surface area contributed by atoms with Gasteiger partial charge in [0.05, 0.1) is 0 Å². The summed E-state index contributed by atoms with van der Waals surface area (Å²) in [6, 6.07) is 5.78. The van der Waals surface area contributed by atoms with E-state index in [1.807, 2.05) is 13.8 Å². The Bertz CT molecular complexity index is 579. The molecular formula is C13H16FN5O. The molecule has 0 radical (unpaired) electrons. The first-order valence-electron chi connectivity index (χ1n) is 6.35. The van der Waals surface area contributed by atoms with Crippen molar-refractivity contribution in [2.24, 2.45) is 5.92 Å². The number of nitrogens with zero attached hydrogens (tertiary/aromatic N) is 4. The van der Waals surface area contributed by atoms with Gasteiger partial charge in [-0.2, -0.15) is 4.80 Å². The van der Waals surface area contributed by atoms with E-state index in [-0.39, 0.29) is 18.3 Å². The molecule has 0 fully saturated rings. The van der Waals surface area contributed by atoms with Crippen molar-refractivity contribution in [1.29, 1.82) is 0 Å². The number of carbonyl (C=O) groups is 1. The van der Waals surface area contributed by atoms with Crippen molar-refractivity contribution in [3.05, 3.63) is 30.1 Å². The number of halogens is 1. The Balaban J connectivity index is 1.98. The lowest BCUT2D eigenvalue weighted by molar-refractivity contribution is -0.122. The number of aromatic nitrogens is 4. The predicted octanol–water partition coefficient (Wildman–Crippen LogP) is 1.25. The van der Waals surface area contributed by atoms with Crippen LogP contribution in [0.4, 0.5) is 4.39 Å². The van der Waals surface area contributed by atoms with Crippen LogP contribution in [0.1, 0.15) is 13.8 Å². The van der Waals surface area contributed by atoms with Crippen LogP contribution in [0.15, 0.2) is 24.3 Å². The fraction of sp³-hybridized carbons (Fsp3) is 0.385. The van der Waals surface area contributed by atoms with E-state index in [4.69, 9.17) is 0 Å². The molecule has 0 unspecified atom stereocenters. The Morgan fingerprint density at radius 2 is 2.05 bits per heavy atom. The lowest BCUT2D eigenvalue weighted by Gasteiger charge is -2.06. The molecule has 0 bridgehead atoms. The van der Waals surface area contributed by atoms with E-state index >= 15 is 0 Å². The summed E-state index contributed by atoms with van der Waals surface area (Å²) in [6.45, 7) is 4.65. The highest BCUT2D eigenvalue weighted by Gasteiger charge is 2.09. The van der Waals surface area contributed by atoms with Crippen molar-refractivity contribution in [3.63, 3.8) is 0 Å². The maximum atomic E-state index is 12.8. The molecule has 0 aliphatic carbocycles. The third kappa shape index (κ3) is 3.84. The van der Waals surface area contributed by atoms with Crippen molar-refractivity contribution >= 4 is 5.91 Å². The van der Waals surface area contributed by atoms with E-state index in [1.165, 1.54) is 16.9 Å². The molecule has 2 rings (SSSR count). The summed E-state index contributed by atoms with van der Waals surface area (Å²) < 4.78 is 12.8. The molecule has 0 spiro atoms. The Labute approximate surface area is 116 Å². The molecule has 0 saturated heterocycles. The third-order valence-corrected chi connectivity index (χ3v) is 2.55. The largest absolute Gasteiger partial charge is 0.354 e. The Hall–Kier alpha value is -2.31. The van der Waals surface area contributed by atoms with Crippen LogP contribution >= 0.6 is 0 Å². The average Bonchev–Trinajstić information content (AvgIpc) is 2.85. The second kappa shape index (κ2) is 6.23. The molecule has 7 heteroatoms. The molecule has 1 N–H and O–H groups in total. The Morgan fingerprint density at radius 3 is 2.70 bits per heavy atom. The second-order valence-corrected chi connectivity index (χ2v) is 4.85. The number of nitrogens with one attached hydrogen (secondary N) is 1. The van der Waals surface area contributed by atoms with Gasteiger partial charge in [0.25, 0.3) is 0 Å². The first kappa shape index (κ1) is 14.1. The van der Waals surface area contributed by atoms with E-state index in [0.29, 0.717) is 23.9 Å². The highest BCUT2D eigenvalue weighted by molar-refractivity contribution is 5.75. The minimum Gasteiger partial charge on any atom is -0.354 e. The van der Waals surface area contributed by atoms with Gasteiger partial charge in [-0.1, -0.05) is 13.8 Å². The highest BCUT2D eigenvalue weighted by atomic mass is 19.1. The Kier molecular flexibility index (Phi) is 4.39. The first-order chi connectivity index (χ1) is 9.54. The zero-order valence-electron chi connectivity index (χ0n) is 11.4. The van der Waals surface area contributed by atoms with Gasteiger partial charge in [0, 0.05) is 12.1 Å². The van der Waals surface area contributed by atoms with Gasteiger partial charge in [0.1, 0.15) is 12.4 Å². The molecule has 106 valence electrons. The summed E-state index contributed by atoms with van der Waals surface area (Å²) in [5.74, 6) is 0.259. The predicted molar refractivity (Wildman–Crippen MR) is 71.1 cm³/mol. The van der Waals surface area contributed by atoms with Crippen LogP contribution in [0.3, 0.4) is 0 Å².